The Labute approximate surface area is 143 Å². The van der Waals surface area contributed by atoms with Crippen molar-refractivity contribution in [3.8, 4) is 17.2 Å². The molecule has 24 heavy (non-hydrogen) atoms. The highest BCUT2D eigenvalue weighted by Gasteiger charge is 2.39. The number of nitrogens with zero attached hydrogens (tertiary/aromatic N) is 1. The minimum Gasteiger partial charge on any atom is -0.496 e. The first-order valence-corrected chi connectivity index (χ1v) is 9.11. The van der Waals surface area contributed by atoms with Crippen LogP contribution in [0.1, 0.15) is 37.7 Å². The van der Waals surface area contributed by atoms with Crippen LogP contribution in [0.4, 0.5) is 0 Å². The number of methoxy groups -OCH3 is 1. The Morgan fingerprint density at radius 1 is 1.04 bits per heavy atom. The van der Waals surface area contributed by atoms with Gasteiger partial charge in [0.25, 0.3) is 0 Å². The predicted molar refractivity (Wildman–Crippen MR) is 91.0 cm³/mol. The Kier molecular flexibility index (Phi) is 4.55. The quantitative estimate of drug-likeness (QED) is 0.850. The first-order valence-electron chi connectivity index (χ1n) is 9.11. The maximum absolute atomic E-state index is 6.14. The molecule has 2 heterocycles. The Bertz CT molecular complexity index is 583. The molecule has 0 amide bonds. The van der Waals surface area contributed by atoms with Crippen LogP contribution in [0.2, 0.25) is 0 Å². The number of benzene rings is 1. The molecule has 1 aliphatic carbocycles. The standard InChI is InChI=1S/C19H27NO4/c1-21-16-12-18-17(22-8-4-9-23-18)11-15(16)13-20-7-10-24-19(14-20)5-2-3-6-19/h11-12H,2-10,13-14H2,1H3. The number of fused-ring (bicyclic) bond motifs is 1. The molecule has 1 spiro atoms. The molecule has 0 radical (unpaired) electrons. The first kappa shape index (κ1) is 16.0. The highest BCUT2D eigenvalue weighted by molar-refractivity contribution is 5.51. The lowest BCUT2D eigenvalue weighted by molar-refractivity contribution is -0.107. The van der Waals surface area contributed by atoms with Gasteiger partial charge in [-0.25, -0.2) is 0 Å². The second-order valence-electron chi connectivity index (χ2n) is 7.11. The molecular formula is C19H27NO4. The van der Waals surface area contributed by atoms with Crippen molar-refractivity contribution in [1.82, 2.24) is 4.90 Å². The van der Waals surface area contributed by atoms with Crippen LogP contribution < -0.4 is 14.2 Å². The number of hydrogen-bond acceptors (Lipinski definition) is 5. The molecule has 0 unspecified atom stereocenters. The van der Waals surface area contributed by atoms with Gasteiger partial charge in [-0.15, -0.1) is 0 Å². The molecule has 5 heteroatoms. The molecule has 0 N–H and O–H groups in total. The third-order valence-corrected chi connectivity index (χ3v) is 5.39. The summed E-state index contributed by atoms with van der Waals surface area (Å²) < 4.78 is 23.4. The van der Waals surface area contributed by atoms with E-state index in [-0.39, 0.29) is 5.60 Å². The van der Waals surface area contributed by atoms with Gasteiger partial charge in [-0.2, -0.15) is 0 Å². The fourth-order valence-electron chi connectivity index (χ4n) is 4.17. The second kappa shape index (κ2) is 6.81. The van der Waals surface area contributed by atoms with Crippen LogP contribution in [0, 0.1) is 0 Å². The van der Waals surface area contributed by atoms with Crippen LogP contribution >= 0.6 is 0 Å². The molecular weight excluding hydrogens is 306 g/mol. The normalized spacial score (nSPS) is 23.2. The predicted octanol–water partition coefficient (Wildman–Crippen LogP) is 3.00. The smallest absolute Gasteiger partial charge is 0.164 e. The lowest BCUT2D eigenvalue weighted by Crippen LogP contribution is -2.49. The minimum atomic E-state index is 0.0940. The third-order valence-electron chi connectivity index (χ3n) is 5.39. The van der Waals surface area contributed by atoms with Crippen LogP contribution in [-0.2, 0) is 11.3 Å². The summed E-state index contributed by atoms with van der Waals surface area (Å²) >= 11 is 0. The summed E-state index contributed by atoms with van der Waals surface area (Å²) in [5.41, 5.74) is 1.26. The van der Waals surface area contributed by atoms with E-state index >= 15 is 0 Å². The molecule has 1 saturated heterocycles. The molecule has 0 atom stereocenters. The van der Waals surface area contributed by atoms with Crippen molar-refractivity contribution in [2.24, 2.45) is 0 Å². The van der Waals surface area contributed by atoms with E-state index in [4.69, 9.17) is 18.9 Å². The van der Waals surface area contributed by atoms with Crippen LogP contribution in [0.5, 0.6) is 17.2 Å². The zero-order chi connectivity index (χ0) is 16.4. The van der Waals surface area contributed by atoms with E-state index in [1.165, 1.54) is 25.7 Å². The summed E-state index contributed by atoms with van der Waals surface area (Å²) in [5, 5.41) is 0. The van der Waals surface area contributed by atoms with Gasteiger partial charge in [0.2, 0.25) is 0 Å². The SMILES string of the molecule is COc1cc2c(cc1CN1CCOC3(CCCC3)C1)OCCCO2. The Morgan fingerprint density at radius 3 is 2.54 bits per heavy atom. The maximum atomic E-state index is 6.14. The summed E-state index contributed by atoms with van der Waals surface area (Å²) in [6, 6.07) is 4.07. The van der Waals surface area contributed by atoms with Gasteiger partial charge in [0.15, 0.2) is 11.5 Å². The lowest BCUT2D eigenvalue weighted by Gasteiger charge is -2.40. The van der Waals surface area contributed by atoms with Gasteiger partial charge in [0.05, 0.1) is 32.5 Å². The van der Waals surface area contributed by atoms with Crippen molar-refractivity contribution in [3.05, 3.63) is 17.7 Å². The zero-order valence-electron chi connectivity index (χ0n) is 14.5. The number of rotatable bonds is 3. The van der Waals surface area contributed by atoms with E-state index in [1.54, 1.807) is 7.11 Å². The maximum Gasteiger partial charge on any atom is 0.164 e. The summed E-state index contributed by atoms with van der Waals surface area (Å²) in [6.45, 7) is 5.09. The average molecular weight is 333 g/mol. The van der Waals surface area contributed by atoms with Crippen molar-refractivity contribution in [1.29, 1.82) is 0 Å². The van der Waals surface area contributed by atoms with E-state index in [2.05, 4.69) is 11.0 Å². The van der Waals surface area contributed by atoms with Gasteiger partial charge in [-0.05, 0) is 18.9 Å². The third kappa shape index (κ3) is 3.20. The van der Waals surface area contributed by atoms with E-state index in [0.29, 0.717) is 13.2 Å². The van der Waals surface area contributed by atoms with Crippen molar-refractivity contribution < 1.29 is 18.9 Å². The molecule has 0 aromatic heterocycles. The summed E-state index contributed by atoms with van der Waals surface area (Å²) in [5.74, 6) is 2.51. The second-order valence-corrected chi connectivity index (χ2v) is 7.11. The van der Waals surface area contributed by atoms with Crippen LogP contribution in [0.25, 0.3) is 0 Å². The van der Waals surface area contributed by atoms with E-state index in [9.17, 15) is 0 Å². The van der Waals surface area contributed by atoms with Crippen molar-refractivity contribution in [2.75, 3.05) is 40.0 Å². The highest BCUT2D eigenvalue weighted by Crippen LogP contribution is 2.39. The lowest BCUT2D eigenvalue weighted by atomic mass is 9.99. The Balaban J connectivity index is 1.54. The largest absolute Gasteiger partial charge is 0.496 e. The van der Waals surface area contributed by atoms with E-state index in [1.807, 2.05) is 6.07 Å². The molecule has 2 aliphatic heterocycles. The molecule has 1 aromatic rings. The molecule has 3 aliphatic rings. The molecule has 2 fully saturated rings. The molecule has 5 nitrogen and oxygen atoms in total. The zero-order valence-corrected chi connectivity index (χ0v) is 14.5. The first-order chi connectivity index (χ1) is 11.8. The Hall–Kier alpha value is -1.46. The molecule has 132 valence electrons. The fourth-order valence-corrected chi connectivity index (χ4v) is 4.17. The molecule has 4 rings (SSSR count). The van der Waals surface area contributed by atoms with Gasteiger partial charge < -0.3 is 18.9 Å². The van der Waals surface area contributed by atoms with Gasteiger partial charge in [0, 0.05) is 37.7 Å². The number of hydrogen-bond donors (Lipinski definition) is 0. The highest BCUT2D eigenvalue weighted by atomic mass is 16.5. The monoisotopic (exact) mass is 333 g/mol. The fraction of sp³-hybridized carbons (Fsp3) is 0.684. The van der Waals surface area contributed by atoms with Gasteiger partial charge in [-0.1, -0.05) is 12.8 Å². The van der Waals surface area contributed by atoms with Crippen LogP contribution in [0.3, 0.4) is 0 Å². The molecule has 0 bridgehead atoms. The van der Waals surface area contributed by atoms with Crippen LogP contribution in [-0.4, -0.2) is 50.5 Å². The summed E-state index contributed by atoms with van der Waals surface area (Å²) in [6.07, 6.45) is 5.89. The van der Waals surface area contributed by atoms with Crippen molar-refractivity contribution in [3.63, 3.8) is 0 Å². The van der Waals surface area contributed by atoms with E-state index in [0.717, 1.165) is 55.5 Å². The average Bonchev–Trinajstić information content (AvgIpc) is 2.90. The van der Waals surface area contributed by atoms with Gasteiger partial charge in [0.1, 0.15) is 5.75 Å². The molecule has 1 aromatic carbocycles. The Morgan fingerprint density at radius 2 is 1.79 bits per heavy atom. The summed E-state index contributed by atoms with van der Waals surface area (Å²) in [4.78, 5) is 2.50. The van der Waals surface area contributed by atoms with Crippen molar-refractivity contribution >= 4 is 0 Å². The summed E-state index contributed by atoms with van der Waals surface area (Å²) in [7, 11) is 1.72. The van der Waals surface area contributed by atoms with Crippen LogP contribution in [0.15, 0.2) is 12.1 Å². The number of morpholine rings is 1. The van der Waals surface area contributed by atoms with Gasteiger partial charge >= 0.3 is 0 Å². The van der Waals surface area contributed by atoms with Crippen molar-refractivity contribution in [2.45, 2.75) is 44.2 Å². The topological polar surface area (TPSA) is 40.2 Å². The molecule has 1 saturated carbocycles. The minimum absolute atomic E-state index is 0.0940. The van der Waals surface area contributed by atoms with E-state index < -0.39 is 0 Å². The number of ether oxygens (including phenoxy) is 4. The van der Waals surface area contributed by atoms with Gasteiger partial charge in [-0.3, -0.25) is 4.90 Å².